The molecular formula is C13H17ClS2. The number of rotatable bonds is 5. The van der Waals surface area contributed by atoms with Gasteiger partial charge in [-0.1, -0.05) is 25.1 Å². The van der Waals surface area contributed by atoms with Crippen molar-refractivity contribution in [2.45, 2.75) is 17.7 Å². The van der Waals surface area contributed by atoms with E-state index in [9.17, 15) is 0 Å². The van der Waals surface area contributed by atoms with Crippen LogP contribution in [0, 0.1) is 5.92 Å². The van der Waals surface area contributed by atoms with Gasteiger partial charge in [0.25, 0.3) is 0 Å². The number of thioether (sulfide) groups is 2. The van der Waals surface area contributed by atoms with Crippen molar-refractivity contribution in [1.82, 2.24) is 0 Å². The van der Waals surface area contributed by atoms with Gasteiger partial charge in [-0.3, -0.25) is 0 Å². The van der Waals surface area contributed by atoms with Crippen LogP contribution in [0.3, 0.4) is 0 Å². The zero-order valence-electron chi connectivity index (χ0n) is 9.49. The van der Waals surface area contributed by atoms with Gasteiger partial charge in [-0.05, 0) is 23.3 Å². The molecule has 0 saturated heterocycles. The summed E-state index contributed by atoms with van der Waals surface area (Å²) >= 11 is 9.86. The van der Waals surface area contributed by atoms with E-state index in [1.165, 1.54) is 22.2 Å². The van der Waals surface area contributed by atoms with E-state index in [-0.39, 0.29) is 0 Å². The minimum atomic E-state index is 0.635. The van der Waals surface area contributed by atoms with Crippen LogP contribution in [-0.4, -0.2) is 23.1 Å². The summed E-state index contributed by atoms with van der Waals surface area (Å²) in [5.41, 5.74) is 1.55. The number of hydrogen-bond donors (Lipinski definition) is 0. The van der Waals surface area contributed by atoms with Crippen LogP contribution < -0.4 is 0 Å². The Balaban J connectivity index is 1.84. The topological polar surface area (TPSA) is 0 Å². The maximum Gasteiger partial charge on any atom is 0.0257 e. The number of benzene rings is 1. The van der Waals surface area contributed by atoms with E-state index in [1.54, 1.807) is 5.56 Å². The highest BCUT2D eigenvalue weighted by molar-refractivity contribution is 8.00. The van der Waals surface area contributed by atoms with Crippen molar-refractivity contribution in [3.63, 3.8) is 0 Å². The van der Waals surface area contributed by atoms with Crippen molar-refractivity contribution in [3.8, 4) is 0 Å². The van der Waals surface area contributed by atoms with Gasteiger partial charge in [-0.25, -0.2) is 0 Å². The average molecular weight is 273 g/mol. The third-order valence-electron chi connectivity index (χ3n) is 2.78. The quantitative estimate of drug-likeness (QED) is 0.725. The lowest BCUT2D eigenvalue weighted by Gasteiger charge is -2.12. The number of fused-ring (bicyclic) bond motifs is 1. The van der Waals surface area contributed by atoms with E-state index < -0.39 is 0 Å². The SMILES string of the molecule is CC(CCl)CSCC1CSc2ccccc21. The standard InChI is InChI=1S/C13H17ClS2/c1-10(6-14)7-15-8-11-9-16-13-5-3-2-4-12(11)13/h2-5,10-11H,6-9H2,1H3. The molecule has 1 aliphatic rings. The first-order chi connectivity index (χ1) is 7.81. The second-order valence-corrected chi connectivity index (χ2v) is 6.79. The van der Waals surface area contributed by atoms with Crippen molar-refractivity contribution in [1.29, 1.82) is 0 Å². The van der Waals surface area contributed by atoms with Crippen LogP contribution in [0.15, 0.2) is 29.2 Å². The van der Waals surface area contributed by atoms with Gasteiger partial charge in [0.1, 0.15) is 0 Å². The van der Waals surface area contributed by atoms with Gasteiger partial charge >= 0.3 is 0 Å². The van der Waals surface area contributed by atoms with Gasteiger partial charge < -0.3 is 0 Å². The van der Waals surface area contributed by atoms with Crippen LogP contribution in [0.25, 0.3) is 0 Å². The molecule has 1 aromatic carbocycles. The first kappa shape index (κ1) is 12.7. The summed E-state index contributed by atoms with van der Waals surface area (Å²) < 4.78 is 0. The molecule has 3 heteroatoms. The van der Waals surface area contributed by atoms with Gasteiger partial charge in [0.05, 0.1) is 0 Å². The Morgan fingerprint density at radius 3 is 3.12 bits per heavy atom. The second-order valence-electron chi connectivity index (χ2n) is 4.34. The summed E-state index contributed by atoms with van der Waals surface area (Å²) in [5, 5.41) is 0. The highest BCUT2D eigenvalue weighted by Gasteiger charge is 2.22. The normalized spacial score (nSPS) is 20.8. The zero-order valence-corrected chi connectivity index (χ0v) is 11.9. The Bertz CT molecular complexity index is 340. The lowest BCUT2D eigenvalue weighted by molar-refractivity contribution is 0.756. The number of alkyl halides is 1. The molecule has 0 bridgehead atoms. The van der Waals surface area contributed by atoms with E-state index in [0.717, 1.165) is 11.8 Å². The lowest BCUT2D eigenvalue weighted by Crippen LogP contribution is -2.05. The monoisotopic (exact) mass is 272 g/mol. The summed E-state index contributed by atoms with van der Waals surface area (Å²) in [6, 6.07) is 8.82. The molecule has 88 valence electrons. The van der Waals surface area contributed by atoms with Gasteiger partial charge in [-0.2, -0.15) is 11.8 Å². The van der Waals surface area contributed by atoms with Crippen molar-refractivity contribution in [2.24, 2.45) is 5.92 Å². The van der Waals surface area contributed by atoms with Crippen molar-refractivity contribution in [3.05, 3.63) is 29.8 Å². The minimum Gasteiger partial charge on any atom is -0.161 e. The van der Waals surface area contributed by atoms with Gasteiger partial charge in [0.15, 0.2) is 0 Å². The fraction of sp³-hybridized carbons (Fsp3) is 0.538. The van der Waals surface area contributed by atoms with Gasteiger partial charge in [-0.15, -0.1) is 23.4 Å². The Labute approximate surface area is 112 Å². The molecule has 16 heavy (non-hydrogen) atoms. The molecule has 0 aliphatic carbocycles. The lowest BCUT2D eigenvalue weighted by atomic mass is 10.0. The van der Waals surface area contributed by atoms with Crippen molar-refractivity contribution >= 4 is 35.1 Å². The molecule has 0 radical (unpaired) electrons. The molecule has 2 atom stereocenters. The van der Waals surface area contributed by atoms with Crippen LogP contribution in [-0.2, 0) is 0 Å². The molecule has 0 fully saturated rings. The van der Waals surface area contributed by atoms with E-state index in [1.807, 2.05) is 23.5 Å². The van der Waals surface area contributed by atoms with Crippen LogP contribution in [0.2, 0.25) is 0 Å². The third kappa shape index (κ3) is 3.12. The van der Waals surface area contributed by atoms with Crippen molar-refractivity contribution < 1.29 is 0 Å². The Kier molecular flexibility index (Phi) is 4.93. The third-order valence-corrected chi connectivity index (χ3v) is 6.01. The fourth-order valence-corrected chi connectivity index (χ4v) is 4.70. The molecule has 0 nitrogen and oxygen atoms in total. The Hall–Kier alpha value is 0.210. The molecule has 0 spiro atoms. The summed E-state index contributed by atoms with van der Waals surface area (Å²) in [6.45, 7) is 2.22. The largest absolute Gasteiger partial charge is 0.161 e. The van der Waals surface area contributed by atoms with Crippen molar-refractivity contribution in [2.75, 3.05) is 23.1 Å². The predicted molar refractivity (Wildman–Crippen MR) is 77.1 cm³/mol. The molecule has 1 aromatic rings. The zero-order chi connectivity index (χ0) is 11.4. The fourth-order valence-electron chi connectivity index (χ4n) is 1.82. The molecular weight excluding hydrogens is 256 g/mol. The Morgan fingerprint density at radius 2 is 2.31 bits per heavy atom. The molecule has 0 saturated carbocycles. The molecule has 1 aliphatic heterocycles. The summed E-state index contributed by atoms with van der Waals surface area (Å²) in [4.78, 5) is 1.48. The molecule has 2 unspecified atom stereocenters. The summed E-state index contributed by atoms with van der Waals surface area (Å²) in [7, 11) is 0. The summed E-state index contributed by atoms with van der Waals surface area (Å²) in [6.07, 6.45) is 0. The highest BCUT2D eigenvalue weighted by Crippen LogP contribution is 2.40. The first-order valence-electron chi connectivity index (χ1n) is 5.66. The molecule has 1 heterocycles. The van der Waals surface area contributed by atoms with E-state index in [4.69, 9.17) is 11.6 Å². The average Bonchev–Trinajstić information content (AvgIpc) is 2.73. The van der Waals surface area contributed by atoms with E-state index >= 15 is 0 Å². The smallest absolute Gasteiger partial charge is 0.0257 e. The van der Waals surface area contributed by atoms with Crippen LogP contribution in [0.4, 0.5) is 0 Å². The first-order valence-corrected chi connectivity index (χ1v) is 8.34. The molecule has 0 aromatic heterocycles. The van der Waals surface area contributed by atoms with E-state index in [0.29, 0.717) is 5.92 Å². The van der Waals surface area contributed by atoms with E-state index in [2.05, 4.69) is 31.2 Å². The van der Waals surface area contributed by atoms with Crippen LogP contribution in [0.5, 0.6) is 0 Å². The second kappa shape index (κ2) is 6.23. The number of hydrogen-bond acceptors (Lipinski definition) is 2. The minimum absolute atomic E-state index is 0.635. The summed E-state index contributed by atoms with van der Waals surface area (Å²) in [5.74, 6) is 5.84. The van der Waals surface area contributed by atoms with Gasteiger partial charge in [0, 0.05) is 28.2 Å². The highest BCUT2D eigenvalue weighted by atomic mass is 35.5. The number of halogens is 1. The molecule has 0 N–H and O–H groups in total. The van der Waals surface area contributed by atoms with Crippen LogP contribution >= 0.6 is 35.1 Å². The molecule has 2 rings (SSSR count). The van der Waals surface area contributed by atoms with Gasteiger partial charge in [0.2, 0.25) is 0 Å². The maximum absolute atomic E-state index is 5.81. The predicted octanol–water partition coefficient (Wildman–Crippen LogP) is 4.48. The maximum atomic E-state index is 5.81. The molecule has 0 amide bonds. The Morgan fingerprint density at radius 1 is 1.50 bits per heavy atom. The van der Waals surface area contributed by atoms with Crippen LogP contribution in [0.1, 0.15) is 18.4 Å².